The van der Waals surface area contributed by atoms with Gasteiger partial charge in [0.15, 0.2) is 0 Å². The molecule has 0 radical (unpaired) electrons. The summed E-state index contributed by atoms with van der Waals surface area (Å²) in [7, 11) is 0. The highest BCUT2D eigenvalue weighted by molar-refractivity contribution is 5.99. The minimum atomic E-state index is -0.569. The van der Waals surface area contributed by atoms with Crippen LogP contribution in [0.2, 0.25) is 0 Å². The van der Waals surface area contributed by atoms with E-state index in [1.54, 1.807) is 24.3 Å². The lowest BCUT2D eigenvalue weighted by atomic mass is 9.89. The number of rotatable bonds is 3. The van der Waals surface area contributed by atoms with Crippen LogP contribution in [0.3, 0.4) is 0 Å². The van der Waals surface area contributed by atoms with E-state index >= 15 is 0 Å². The van der Waals surface area contributed by atoms with Crippen molar-refractivity contribution in [3.63, 3.8) is 0 Å². The van der Waals surface area contributed by atoms with Crippen LogP contribution in [0.25, 0.3) is 0 Å². The van der Waals surface area contributed by atoms with Gasteiger partial charge in [0, 0.05) is 28.8 Å². The highest BCUT2D eigenvalue weighted by Gasteiger charge is 2.34. The fourth-order valence-corrected chi connectivity index (χ4v) is 3.06. The number of nitrogens with one attached hydrogen (secondary N) is 1. The van der Waals surface area contributed by atoms with Gasteiger partial charge < -0.3 is 21.5 Å². The van der Waals surface area contributed by atoms with Crippen LogP contribution in [0.4, 0.5) is 5.69 Å². The lowest BCUT2D eigenvalue weighted by Crippen LogP contribution is -2.41. The lowest BCUT2D eigenvalue weighted by Gasteiger charge is -2.38. The Hall–Kier alpha value is -3.02. The highest BCUT2D eigenvalue weighted by atomic mass is 16.5. The Morgan fingerprint density at radius 2 is 1.88 bits per heavy atom. The Labute approximate surface area is 146 Å². The van der Waals surface area contributed by atoms with Crippen molar-refractivity contribution in [2.24, 2.45) is 5.73 Å². The van der Waals surface area contributed by atoms with Gasteiger partial charge in [0.05, 0.1) is 6.04 Å². The van der Waals surface area contributed by atoms with Gasteiger partial charge in [-0.05, 0) is 50.2 Å². The van der Waals surface area contributed by atoms with E-state index in [1.165, 1.54) is 6.07 Å². The molecule has 3 rings (SSSR count). The molecule has 5 N–H and O–H groups in total. The summed E-state index contributed by atoms with van der Waals surface area (Å²) in [6.07, 6.45) is 0.602. The molecule has 1 unspecified atom stereocenters. The van der Waals surface area contributed by atoms with Gasteiger partial charge >= 0.3 is 0 Å². The van der Waals surface area contributed by atoms with Crippen molar-refractivity contribution in [3.8, 4) is 5.75 Å². The molecule has 130 valence electrons. The number of nitrogen functional groups attached to an aromatic ring is 1. The zero-order valence-electron chi connectivity index (χ0n) is 14.2. The van der Waals surface area contributed by atoms with Crippen molar-refractivity contribution < 1.29 is 14.3 Å². The van der Waals surface area contributed by atoms with Crippen LogP contribution in [-0.2, 0) is 0 Å². The molecule has 2 aromatic rings. The number of amides is 2. The number of primary amides is 1. The van der Waals surface area contributed by atoms with Crippen LogP contribution in [0.1, 0.15) is 52.6 Å². The van der Waals surface area contributed by atoms with Crippen molar-refractivity contribution in [2.75, 3.05) is 5.73 Å². The molecule has 0 aliphatic carbocycles. The first-order valence-electron chi connectivity index (χ1n) is 8.04. The van der Waals surface area contributed by atoms with E-state index in [2.05, 4.69) is 5.32 Å². The number of carbonyl (C=O) groups excluding carboxylic acids is 2. The van der Waals surface area contributed by atoms with E-state index in [0.717, 1.165) is 5.56 Å². The smallest absolute Gasteiger partial charge is 0.251 e. The van der Waals surface area contributed by atoms with Crippen molar-refractivity contribution in [2.45, 2.75) is 31.9 Å². The molecule has 1 heterocycles. The number of hydrogen-bond donors (Lipinski definition) is 3. The summed E-state index contributed by atoms with van der Waals surface area (Å²) in [4.78, 5) is 24.0. The third-order valence-electron chi connectivity index (χ3n) is 4.21. The molecule has 6 heteroatoms. The van der Waals surface area contributed by atoms with Gasteiger partial charge in [-0.25, -0.2) is 0 Å². The molecule has 6 nitrogen and oxygen atoms in total. The second-order valence-corrected chi connectivity index (χ2v) is 6.83. The first-order chi connectivity index (χ1) is 11.7. The van der Waals surface area contributed by atoms with Crippen molar-refractivity contribution >= 4 is 17.5 Å². The van der Waals surface area contributed by atoms with Crippen LogP contribution in [0, 0.1) is 0 Å². The summed E-state index contributed by atoms with van der Waals surface area (Å²) in [5, 5.41) is 3.01. The Morgan fingerprint density at radius 1 is 1.16 bits per heavy atom. The normalized spacial score (nSPS) is 17.9. The van der Waals surface area contributed by atoms with Crippen LogP contribution in [0.15, 0.2) is 42.5 Å². The van der Waals surface area contributed by atoms with E-state index in [-0.39, 0.29) is 11.9 Å². The molecular weight excluding hydrogens is 318 g/mol. The topological polar surface area (TPSA) is 107 Å². The molecule has 1 atom stereocenters. The Bertz CT molecular complexity index is 846. The van der Waals surface area contributed by atoms with Gasteiger partial charge in [0.25, 0.3) is 5.91 Å². The second-order valence-electron chi connectivity index (χ2n) is 6.83. The van der Waals surface area contributed by atoms with Gasteiger partial charge in [0.2, 0.25) is 5.91 Å². The summed E-state index contributed by atoms with van der Waals surface area (Å²) in [6.45, 7) is 3.94. The number of carbonyl (C=O) groups is 2. The molecule has 0 bridgehead atoms. The number of nitrogens with two attached hydrogens (primary N) is 2. The van der Waals surface area contributed by atoms with E-state index < -0.39 is 11.5 Å². The number of fused-ring (bicyclic) bond motifs is 1. The minimum absolute atomic E-state index is 0.244. The van der Waals surface area contributed by atoms with Gasteiger partial charge in [-0.2, -0.15) is 0 Å². The molecule has 2 aromatic carbocycles. The molecule has 1 aliphatic heterocycles. The Morgan fingerprint density at radius 3 is 2.60 bits per heavy atom. The quantitative estimate of drug-likeness (QED) is 0.746. The SMILES string of the molecule is CC1(C)CC(NC(=O)c2cccc(C(N)=O)c2)c2cc(N)ccc2O1. The maximum absolute atomic E-state index is 12.7. The average molecular weight is 339 g/mol. The number of benzene rings is 2. The number of hydrogen-bond acceptors (Lipinski definition) is 4. The van der Waals surface area contributed by atoms with Gasteiger partial charge in [-0.15, -0.1) is 0 Å². The second kappa shape index (κ2) is 6.12. The largest absolute Gasteiger partial charge is 0.487 e. The summed E-state index contributed by atoms with van der Waals surface area (Å²) < 4.78 is 5.97. The van der Waals surface area contributed by atoms with Crippen LogP contribution in [0.5, 0.6) is 5.75 Å². The molecule has 0 aromatic heterocycles. The average Bonchev–Trinajstić information content (AvgIpc) is 2.55. The Balaban J connectivity index is 1.89. The van der Waals surface area contributed by atoms with Crippen LogP contribution in [-0.4, -0.2) is 17.4 Å². The first kappa shape index (κ1) is 16.8. The molecule has 25 heavy (non-hydrogen) atoms. The molecule has 2 amide bonds. The number of ether oxygens (including phenoxy) is 1. The zero-order valence-corrected chi connectivity index (χ0v) is 14.2. The van der Waals surface area contributed by atoms with Crippen molar-refractivity contribution in [1.82, 2.24) is 5.32 Å². The Kier molecular flexibility index (Phi) is 4.12. The first-order valence-corrected chi connectivity index (χ1v) is 8.04. The summed E-state index contributed by atoms with van der Waals surface area (Å²) >= 11 is 0. The lowest BCUT2D eigenvalue weighted by molar-refractivity contribution is 0.0620. The van der Waals surface area contributed by atoms with E-state index in [4.69, 9.17) is 16.2 Å². The van der Waals surface area contributed by atoms with Gasteiger partial charge in [0.1, 0.15) is 11.4 Å². The third kappa shape index (κ3) is 3.57. The fraction of sp³-hybridized carbons (Fsp3) is 0.263. The van der Waals surface area contributed by atoms with Crippen molar-refractivity contribution in [1.29, 1.82) is 0 Å². The summed E-state index contributed by atoms with van der Waals surface area (Å²) in [6, 6.07) is 11.5. The minimum Gasteiger partial charge on any atom is -0.487 e. The summed E-state index contributed by atoms with van der Waals surface area (Å²) in [5.74, 6) is -0.138. The van der Waals surface area contributed by atoms with E-state index in [1.807, 2.05) is 26.0 Å². The standard InChI is InChI=1S/C19H21N3O3/c1-19(2)10-15(14-9-13(20)6-7-16(14)25-19)22-18(24)12-5-3-4-11(8-12)17(21)23/h3-9,15H,10,20H2,1-2H3,(H2,21,23)(H,22,24). The molecule has 0 saturated heterocycles. The molecule has 0 fully saturated rings. The zero-order chi connectivity index (χ0) is 18.2. The predicted molar refractivity (Wildman–Crippen MR) is 95.3 cm³/mol. The predicted octanol–water partition coefficient (Wildman–Crippen LogP) is 2.40. The van der Waals surface area contributed by atoms with E-state index in [9.17, 15) is 9.59 Å². The van der Waals surface area contributed by atoms with Crippen LogP contribution >= 0.6 is 0 Å². The maximum Gasteiger partial charge on any atom is 0.251 e. The highest BCUT2D eigenvalue weighted by Crippen LogP contribution is 2.40. The van der Waals surface area contributed by atoms with Crippen LogP contribution < -0.4 is 21.5 Å². The van der Waals surface area contributed by atoms with Gasteiger partial charge in [-0.3, -0.25) is 9.59 Å². The molecule has 0 saturated carbocycles. The maximum atomic E-state index is 12.7. The fourth-order valence-electron chi connectivity index (χ4n) is 3.06. The van der Waals surface area contributed by atoms with Crippen molar-refractivity contribution in [3.05, 3.63) is 59.2 Å². The monoisotopic (exact) mass is 339 g/mol. The molecular formula is C19H21N3O3. The molecule has 1 aliphatic rings. The third-order valence-corrected chi connectivity index (χ3v) is 4.21. The molecule has 0 spiro atoms. The summed E-state index contributed by atoms with van der Waals surface area (Å²) in [5.41, 5.74) is 12.9. The van der Waals surface area contributed by atoms with Gasteiger partial charge in [-0.1, -0.05) is 6.07 Å². The van der Waals surface area contributed by atoms with E-state index in [0.29, 0.717) is 29.0 Å². The number of anilines is 1.